The molecule has 1 saturated carbocycles. The van der Waals surface area contributed by atoms with Gasteiger partial charge in [-0.15, -0.1) is 0 Å². The molecule has 5 nitrogen and oxygen atoms in total. The highest BCUT2D eigenvalue weighted by Gasteiger charge is 2.36. The number of aliphatic hydroxyl groups is 1. The van der Waals surface area contributed by atoms with E-state index in [0.717, 1.165) is 31.2 Å². The van der Waals surface area contributed by atoms with E-state index in [9.17, 15) is 14.3 Å². The largest absolute Gasteiger partial charge is 0.394 e. The van der Waals surface area contributed by atoms with Crippen molar-refractivity contribution in [3.63, 3.8) is 0 Å². The highest BCUT2D eigenvalue weighted by atomic mass is 19.1. The number of hydrogen-bond acceptors (Lipinski definition) is 3. The summed E-state index contributed by atoms with van der Waals surface area (Å²) in [6.45, 7) is 1.86. The van der Waals surface area contributed by atoms with Crippen LogP contribution in [0.5, 0.6) is 0 Å². The normalized spacial score (nSPS) is 23.2. The molecule has 1 saturated heterocycles. The van der Waals surface area contributed by atoms with Crippen LogP contribution in [0.3, 0.4) is 0 Å². The number of nitrogens with one attached hydrogen (secondary N) is 1. The number of morpholine rings is 1. The number of hydrogen-bond donors (Lipinski definition) is 2. The molecular weight excluding hydrogens is 311 g/mol. The summed E-state index contributed by atoms with van der Waals surface area (Å²) in [4.78, 5) is 14.2. The number of carbonyl (C=O) groups is 1. The molecule has 1 aliphatic carbocycles. The van der Waals surface area contributed by atoms with E-state index in [1.165, 1.54) is 12.1 Å². The van der Waals surface area contributed by atoms with Crippen LogP contribution in [0.15, 0.2) is 24.3 Å². The first-order valence-corrected chi connectivity index (χ1v) is 8.64. The molecule has 0 unspecified atom stereocenters. The molecule has 2 N–H and O–H groups in total. The molecule has 0 bridgehead atoms. The summed E-state index contributed by atoms with van der Waals surface area (Å²) in [7, 11) is 0. The molecule has 2 aliphatic rings. The van der Waals surface area contributed by atoms with Crippen LogP contribution in [-0.2, 0) is 10.2 Å². The van der Waals surface area contributed by atoms with Crippen LogP contribution >= 0.6 is 0 Å². The summed E-state index contributed by atoms with van der Waals surface area (Å²) in [6.07, 6.45) is 3.94. The van der Waals surface area contributed by atoms with Crippen molar-refractivity contribution in [1.29, 1.82) is 0 Å². The van der Waals surface area contributed by atoms with E-state index in [-0.39, 0.29) is 30.0 Å². The Balaban J connectivity index is 1.64. The minimum atomic E-state index is -0.304. The third-order valence-corrected chi connectivity index (χ3v) is 5.22. The highest BCUT2D eigenvalue weighted by molar-refractivity contribution is 5.74. The molecule has 1 aromatic carbocycles. The molecule has 0 spiro atoms. The number of urea groups is 1. The van der Waals surface area contributed by atoms with Crippen LogP contribution in [0.2, 0.25) is 0 Å². The number of amides is 2. The zero-order valence-corrected chi connectivity index (χ0v) is 13.8. The first-order chi connectivity index (χ1) is 11.6. The highest BCUT2D eigenvalue weighted by Crippen LogP contribution is 2.40. The van der Waals surface area contributed by atoms with Crippen molar-refractivity contribution in [2.75, 3.05) is 32.8 Å². The molecule has 2 fully saturated rings. The van der Waals surface area contributed by atoms with Gasteiger partial charge in [0.15, 0.2) is 0 Å². The van der Waals surface area contributed by atoms with Crippen molar-refractivity contribution in [2.45, 2.75) is 37.2 Å². The quantitative estimate of drug-likeness (QED) is 0.884. The van der Waals surface area contributed by atoms with Gasteiger partial charge >= 0.3 is 6.03 Å². The molecule has 2 amide bonds. The van der Waals surface area contributed by atoms with E-state index in [4.69, 9.17) is 4.74 Å². The van der Waals surface area contributed by atoms with Gasteiger partial charge in [-0.05, 0) is 30.5 Å². The van der Waals surface area contributed by atoms with Crippen molar-refractivity contribution in [2.24, 2.45) is 0 Å². The first-order valence-electron chi connectivity index (χ1n) is 8.64. The van der Waals surface area contributed by atoms with E-state index in [1.54, 1.807) is 4.90 Å². The second-order valence-electron chi connectivity index (χ2n) is 6.77. The van der Waals surface area contributed by atoms with Crippen molar-refractivity contribution in [1.82, 2.24) is 10.2 Å². The average molecular weight is 336 g/mol. The number of halogens is 1. The van der Waals surface area contributed by atoms with E-state index >= 15 is 0 Å². The molecule has 6 heteroatoms. The van der Waals surface area contributed by atoms with Gasteiger partial charge in [0, 0.05) is 18.5 Å². The van der Waals surface area contributed by atoms with Gasteiger partial charge in [0.05, 0.1) is 25.9 Å². The molecule has 3 rings (SSSR count). The van der Waals surface area contributed by atoms with Crippen molar-refractivity contribution in [3.05, 3.63) is 35.6 Å². The Morgan fingerprint density at radius 2 is 2.04 bits per heavy atom. The monoisotopic (exact) mass is 336 g/mol. The summed E-state index contributed by atoms with van der Waals surface area (Å²) < 4.78 is 18.6. The third-order valence-electron chi connectivity index (χ3n) is 5.22. The van der Waals surface area contributed by atoms with Crippen LogP contribution < -0.4 is 5.32 Å². The number of rotatable bonds is 4. The second-order valence-corrected chi connectivity index (χ2v) is 6.77. The molecule has 1 atom stereocenters. The third kappa shape index (κ3) is 3.70. The lowest BCUT2D eigenvalue weighted by Crippen LogP contribution is -2.52. The summed E-state index contributed by atoms with van der Waals surface area (Å²) in [5.41, 5.74) is 0.989. The maximum Gasteiger partial charge on any atom is 0.317 e. The van der Waals surface area contributed by atoms with E-state index in [2.05, 4.69) is 5.32 Å². The standard InChI is InChI=1S/C18H25FN2O3/c19-15-5-3-14(4-6-15)18(7-1-2-8-18)13-20-17(23)21-9-10-24-16(11-21)12-22/h3-6,16,22H,1-2,7-13H2,(H,20,23)/t16-/m1/s1. The molecule has 0 aromatic heterocycles. The smallest absolute Gasteiger partial charge is 0.317 e. The Labute approximate surface area is 141 Å². The van der Waals surface area contributed by atoms with Crippen LogP contribution in [0.1, 0.15) is 31.2 Å². The lowest BCUT2D eigenvalue weighted by molar-refractivity contribution is -0.0403. The van der Waals surface area contributed by atoms with E-state index in [0.29, 0.717) is 26.2 Å². The number of carbonyl (C=O) groups excluding carboxylic acids is 1. The van der Waals surface area contributed by atoms with Gasteiger partial charge in [-0.2, -0.15) is 0 Å². The van der Waals surface area contributed by atoms with Crippen LogP contribution in [0.25, 0.3) is 0 Å². The lowest BCUT2D eigenvalue weighted by atomic mass is 9.79. The second kappa shape index (κ2) is 7.49. The van der Waals surface area contributed by atoms with Gasteiger partial charge in [0.25, 0.3) is 0 Å². The van der Waals surface area contributed by atoms with Crippen molar-refractivity contribution < 1.29 is 19.0 Å². The maximum atomic E-state index is 13.2. The SMILES string of the molecule is O=C(NCC1(c2ccc(F)cc2)CCCC1)N1CCO[C@@H](CO)C1. The Bertz CT molecular complexity index is 558. The molecule has 1 heterocycles. The first kappa shape index (κ1) is 17.2. The number of nitrogens with zero attached hydrogens (tertiary/aromatic N) is 1. The lowest BCUT2D eigenvalue weighted by Gasteiger charge is -2.34. The zero-order chi connectivity index (χ0) is 17.0. The minimum absolute atomic E-state index is 0.0801. The summed E-state index contributed by atoms with van der Waals surface area (Å²) in [5, 5.41) is 12.2. The van der Waals surface area contributed by atoms with Crippen LogP contribution in [0.4, 0.5) is 9.18 Å². The Morgan fingerprint density at radius 1 is 1.33 bits per heavy atom. The molecule has 0 radical (unpaired) electrons. The van der Waals surface area contributed by atoms with Gasteiger partial charge in [-0.1, -0.05) is 25.0 Å². The number of benzene rings is 1. The molecule has 1 aromatic rings. The summed E-state index contributed by atoms with van der Waals surface area (Å²) in [6, 6.07) is 6.54. The predicted octanol–water partition coefficient (Wildman–Crippen LogP) is 2.04. The van der Waals surface area contributed by atoms with Crippen molar-refractivity contribution in [3.8, 4) is 0 Å². The van der Waals surface area contributed by atoms with Gasteiger partial charge in [-0.3, -0.25) is 0 Å². The molecule has 1 aliphatic heterocycles. The topological polar surface area (TPSA) is 61.8 Å². The summed E-state index contributed by atoms with van der Waals surface area (Å²) >= 11 is 0. The molecule has 132 valence electrons. The predicted molar refractivity (Wildman–Crippen MR) is 88.3 cm³/mol. The minimum Gasteiger partial charge on any atom is -0.394 e. The zero-order valence-electron chi connectivity index (χ0n) is 13.8. The summed E-state index contributed by atoms with van der Waals surface area (Å²) in [5.74, 6) is -0.237. The van der Waals surface area contributed by atoms with Crippen LogP contribution in [0, 0.1) is 5.82 Å². The number of aliphatic hydroxyl groups excluding tert-OH is 1. The fourth-order valence-corrected chi connectivity index (χ4v) is 3.79. The Kier molecular flexibility index (Phi) is 5.36. The maximum absolute atomic E-state index is 13.2. The van der Waals surface area contributed by atoms with Gasteiger partial charge < -0.3 is 20.1 Å². The average Bonchev–Trinajstić information content (AvgIpc) is 3.10. The van der Waals surface area contributed by atoms with Crippen LogP contribution in [-0.4, -0.2) is 55.0 Å². The molecule has 24 heavy (non-hydrogen) atoms. The van der Waals surface area contributed by atoms with Gasteiger partial charge in [0.1, 0.15) is 5.82 Å². The Morgan fingerprint density at radius 3 is 2.71 bits per heavy atom. The fourth-order valence-electron chi connectivity index (χ4n) is 3.79. The van der Waals surface area contributed by atoms with Crippen molar-refractivity contribution >= 4 is 6.03 Å². The Hall–Kier alpha value is -1.66. The number of ether oxygens (including phenoxy) is 1. The molecular formula is C18H25FN2O3. The van der Waals surface area contributed by atoms with Gasteiger partial charge in [-0.25, -0.2) is 9.18 Å². The van der Waals surface area contributed by atoms with Gasteiger partial charge in [0.2, 0.25) is 0 Å². The van der Waals surface area contributed by atoms with E-state index < -0.39 is 0 Å². The fraction of sp³-hybridized carbons (Fsp3) is 0.611. The van der Waals surface area contributed by atoms with E-state index in [1.807, 2.05) is 12.1 Å².